The fourth-order valence-corrected chi connectivity index (χ4v) is 2.26. The minimum atomic E-state index is 0.0744. The fourth-order valence-electron chi connectivity index (χ4n) is 2.26. The average molecular weight is 313 g/mol. The lowest BCUT2D eigenvalue weighted by atomic mass is 9.84. The van der Waals surface area contributed by atoms with Gasteiger partial charge < -0.3 is 15.2 Å². The lowest BCUT2D eigenvalue weighted by molar-refractivity contribution is 0.283. The highest BCUT2D eigenvalue weighted by Gasteiger charge is 2.21. The summed E-state index contributed by atoms with van der Waals surface area (Å²) in [5, 5.41) is 0. The van der Waals surface area contributed by atoms with Crippen LogP contribution >= 0.6 is 0 Å². The van der Waals surface area contributed by atoms with Gasteiger partial charge in [-0.25, -0.2) is 0 Å². The lowest BCUT2D eigenvalue weighted by Crippen LogP contribution is -2.36. The molecule has 1 atom stereocenters. The standard InChI is InChI=1S/C20H27NO2/c1-20(2,3)19(21)13-16-10-11-17(22-4)18(12-16)23-14-15-8-6-5-7-9-15/h5-12,19H,13-14,21H2,1-4H3/t19-/m1/s1. The maximum absolute atomic E-state index is 6.30. The van der Waals surface area contributed by atoms with Gasteiger partial charge in [0.25, 0.3) is 0 Å². The van der Waals surface area contributed by atoms with E-state index in [4.69, 9.17) is 15.2 Å². The maximum atomic E-state index is 6.30. The monoisotopic (exact) mass is 313 g/mol. The molecule has 2 rings (SSSR count). The zero-order valence-corrected chi connectivity index (χ0v) is 14.5. The molecule has 0 aliphatic rings. The Labute approximate surface area is 139 Å². The Bertz CT molecular complexity index is 617. The van der Waals surface area contributed by atoms with Crippen LogP contribution in [0, 0.1) is 5.41 Å². The van der Waals surface area contributed by atoms with Crippen molar-refractivity contribution in [2.45, 2.75) is 39.8 Å². The zero-order valence-electron chi connectivity index (χ0n) is 14.5. The first kappa shape index (κ1) is 17.4. The first-order valence-corrected chi connectivity index (χ1v) is 7.99. The third kappa shape index (κ3) is 5.00. The van der Waals surface area contributed by atoms with Gasteiger partial charge in [0, 0.05) is 6.04 Å². The Kier molecular flexibility index (Phi) is 5.67. The summed E-state index contributed by atoms with van der Waals surface area (Å²) < 4.78 is 11.4. The molecule has 0 unspecified atom stereocenters. The van der Waals surface area contributed by atoms with E-state index in [2.05, 4.69) is 26.8 Å². The summed E-state index contributed by atoms with van der Waals surface area (Å²) in [4.78, 5) is 0. The first-order chi connectivity index (χ1) is 10.9. The zero-order chi connectivity index (χ0) is 16.9. The molecule has 23 heavy (non-hydrogen) atoms. The molecule has 0 saturated carbocycles. The van der Waals surface area contributed by atoms with Crippen LogP contribution in [0.1, 0.15) is 31.9 Å². The largest absolute Gasteiger partial charge is 0.493 e. The van der Waals surface area contributed by atoms with E-state index in [9.17, 15) is 0 Å². The summed E-state index contributed by atoms with van der Waals surface area (Å²) >= 11 is 0. The van der Waals surface area contributed by atoms with Crippen molar-refractivity contribution in [1.82, 2.24) is 0 Å². The molecule has 124 valence electrons. The summed E-state index contributed by atoms with van der Waals surface area (Å²) in [5.41, 5.74) is 8.66. The molecule has 0 aliphatic carbocycles. The second kappa shape index (κ2) is 7.51. The molecule has 0 aliphatic heterocycles. The highest BCUT2D eigenvalue weighted by atomic mass is 16.5. The van der Waals surface area contributed by atoms with E-state index in [0.717, 1.165) is 29.0 Å². The third-order valence-corrected chi connectivity index (χ3v) is 4.03. The van der Waals surface area contributed by atoms with E-state index in [0.29, 0.717) is 6.61 Å². The summed E-state index contributed by atoms with van der Waals surface area (Å²) in [6.45, 7) is 7.00. The second-order valence-corrected chi connectivity index (χ2v) is 6.94. The van der Waals surface area contributed by atoms with Crippen LogP contribution in [0.25, 0.3) is 0 Å². The van der Waals surface area contributed by atoms with Gasteiger partial charge in [-0.3, -0.25) is 0 Å². The molecule has 0 bridgehead atoms. The molecule has 2 N–H and O–H groups in total. The normalized spacial score (nSPS) is 12.7. The topological polar surface area (TPSA) is 44.5 Å². The summed E-state index contributed by atoms with van der Waals surface area (Å²) in [5.74, 6) is 1.50. The molecule has 0 saturated heterocycles. The summed E-state index contributed by atoms with van der Waals surface area (Å²) in [7, 11) is 1.66. The molecule has 3 nitrogen and oxygen atoms in total. The van der Waals surface area contributed by atoms with Crippen molar-refractivity contribution >= 4 is 0 Å². The molecule has 0 heterocycles. The summed E-state index contributed by atoms with van der Waals surface area (Å²) in [6, 6.07) is 16.2. The fraction of sp³-hybridized carbons (Fsp3) is 0.400. The molecule has 0 spiro atoms. The number of nitrogens with two attached hydrogens (primary N) is 1. The number of methoxy groups -OCH3 is 1. The van der Waals surface area contributed by atoms with Crippen LogP contribution in [0.2, 0.25) is 0 Å². The van der Waals surface area contributed by atoms with E-state index < -0.39 is 0 Å². The number of rotatable bonds is 6. The Balaban J connectivity index is 2.12. The number of hydrogen-bond acceptors (Lipinski definition) is 3. The molecular weight excluding hydrogens is 286 g/mol. The number of ether oxygens (including phenoxy) is 2. The minimum Gasteiger partial charge on any atom is -0.493 e. The quantitative estimate of drug-likeness (QED) is 0.869. The Morgan fingerprint density at radius 2 is 1.65 bits per heavy atom. The van der Waals surface area contributed by atoms with Crippen LogP contribution in [0.3, 0.4) is 0 Å². The molecule has 0 radical (unpaired) electrons. The van der Waals surface area contributed by atoms with Gasteiger partial charge in [0.15, 0.2) is 11.5 Å². The highest BCUT2D eigenvalue weighted by molar-refractivity contribution is 5.43. The van der Waals surface area contributed by atoms with Crippen molar-refractivity contribution in [1.29, 1.82) is 0 Å². The molecule has 0 amide bonds. The molecule has 0 fully saturated rings. The van der Waals surface area contributed by atoms with Gasteiger partial charge in [-0.15, -0.1) is 0 Å². The molecular formula is C20H27NO2. The van der Waals surface area contributed by atoms with Crippen LogP contribution < -0.4 is 15.2 Å². The van der Waals surface area contributed by atoms with Crippen molar-refractivity contribution in [2.24, 2.45) is 11.1 Å². The average Bonchev–Trinajstić information content (AvgIpc) is 2.53. The van der Waals surface area contributed by atoms with Crippen molar-refractivity contribution < 1.29 is 9.47 Å². The minimum absolute atomic E-state index is 0.0744. The Morgan fingerprint density at radius 1 is 0.957 bits per heavy atom. The Hall–Kier alpha value is -2.00. The van der Waals surface area contributed by atoms with Gasteiger partial charge in [0.2, 0.25) is 0 Å². The first-order valence-electron chi connectivity index (χ1n) is 7.99. The van der Waals surface area contributed by atoms with E-state index in [1.54, 1.807) is 7.11 Å². The van der Waals surface area contributed by atoms with Crippen LogP contribution in [0.4, 0.5) is 0 Å². The predicted octanol–water partition coefficient (Wildman–Crippen LogP) is 4.19. The smallest absolute Gasteiger partial charge is 0.161 e. The molecule has 0 aromatic heterocycles. The van der Waals surface area contributed by atoms with Crippen LogP contribution in [0.5, 0.6) is 11.5 Å². The van der Waals surface area contributed by atoms with Crippen molar-refractivity contribution in [2.75, 3.05) is 7.11 Å². The van der Waals surface area contributed by atoms with Gasteiger partial charge in [-0.2, -0.15) is 0 Å². The van der Waals surface area contributed by atoms with Crippen molar-refractivity contribution in [3.8, 4) is 11.5 Å². The SMILES string of the molecule is COc1ccc(C[C@@H](N)C(C)(C)C)cc1OCc1ccccc1. The van der Waals surface area contributed by atoms with Crippen LogP contribution in [-0.4, -0.2) is 13.2 Å². The summed E-state index contributed by atoms with van der Waals surface area (Å²) in [6.07, 6.45) is 0.815. The molecule has 2 aromatic carbocycles. The van der Waals surface area contributed by atoms with Crippen LogP contribution in [-0.2, 0) is 13.0 Å². The van der Waals surface area contributed by atoms with Crippen LogP contribution in [0.15, 0.2) is 48.5 Å². The van der Waals surface area contributed by atoms with E-state index in [-0.39, 0.29) is 11.5 Å². The molecule has 3 heteroatoms. The number of benzene rings is 2. The van der Waals surface area contributed by atoms with E-state index in [1.807, 2.05) is 42.5 Å². The van der Waals surface area contributed by atoms with E-state index >= 15 is 0 Å². The van der Waals surface area contributed by atoms with Crippen molar-refractivity contribution in [3.63, 3.8) is 0 Å². The van der Waals surface area contributed by atoms with Gasteiger partial charge >= 0.3 is 0 Å². The highest BCUT2D eigenvalue weighted by Crippen LogP contribution is 2.30. The maximum Gasteiger partial charge on any atom is 0.161 e. The van der Waals surface area contributed by atoms with Crippen molar-refractivity contribution in [3.05, 3.63) is 59.7 Å². The van der Waals surface area contributed by atoms with Gasteiger partial charge in [0.1, 0.15) is 6.61 Å². The third-order valence-electron chi connectivity index (χ3n) is 4.03. The Morgan fingerprint density at radius 3 is 2.26 bits per heavy atom. The van der Waals surface area contributed by atoms with Gasteiger partial charge in [-0.05, 0) is 35.1 Å². The van der Waals surface area contributed by atoms with Gasteiger partial charge in [0.05, 0.1) is 7.11 Å². The predicted molar refractivity (Wildman–Crippen MR) is 94.9 cm³/mol. The van der Waals surface area contributed by atoms with E-state index in [1.165, 1.54) is 0 Å². The molecule has 2 aromatic rings. The van der Waals surface area contributed by atoms with Gasteiger partial charge in [-0.1, -0.05) is 57.2 Å². The number of hydrogen-bond donors (Lipinski definition) is 1. The second-order valence-electron chi connectivity index (χ2n) is 6.94. The lowest BCUT2D eigenvalue weighted by Gasteiger charge is -2.27.